The normalized spacial score (nSPS) is 25.9. The monoisotopic (exact) mass is 394 g/mol. The summed E-state index contributed by atoms with van der Waals surface area (Å²) >= 11 is 1.73. The predicted molar refractivity (Wildman–Crippen MR) is 88.9 cm³/mol. The van der Waals surface area contributed by atoms with Crippen LogP contribution in [0.15, 0.2) is 24.2 Å². The smallest absolute Gasteiger partial charge is 0.475 e. The van der Waals surface area contributed by atoms with Gasteiger partial charge in [0, 0.05) is 24.2 Å². The van der Waals surface area contributed by atoms with Crippen LogP contribution in [0.4, 0.5) is 13.2 Å². The Labute approximate surface area is 153 Å². The highest BCUT2D eigenvalue weighted by Crippen LogP contribution is 2.33. The van der Waals surface area contributed by atoms with Crippen molar-refractivity contribution in [1.82, 2.24) is 9.88 Å². The Bertz CT molecular complexity index is 583. The topological polar surface area (TPSA) is 71.9 Å². The van der Waals surface area contributed by atoms with Crippen molar-refractivity contribution < 1.29 is 32.5 Å². The minimum atomic E-state index is -5.08. The molecular formula is C16H21F3N2O4S. The molecule has 1 aliphatic carbocycles. The number of aromatic nitrogens is 1. The number of carboxylic acids is 1. The van der Waals surface area contributed by atoms with Crippen molar-refractivity contribution in [3.63, 3.8) is 0 Å². The Hall–Kier alpha value is -1.49. The van der Waals surface area contributed by atoms with Gasteiger partial charge in [0.05, 0.1) is 32.0 Å². The molecule has 0 unspecified atom stereocenters. The second-order valence-corrected chi connectivity index (χ2v) is 6.82. The maximum absolute atomic E-state index is 10.6. The Kier molecular flexibility index (Phi) is 7.56. The minimum Gasteiger partial charge on any atom is -0.475 e. The number of aliphatic carboxylic acids is 1. The summed E-state index contributed by atoms with van der Waals surface area (Å²) in [7, 11) is 0. The molecule has 0 radical (unpaired) electrons. The molecular weight excluding hydrogens is 373 g/mol. The third-order valence-corrected chi connectivity index (χ3v) is 4.91. The molecule has 1 aromatic heterocycles. The highest BCUT2D eigenvalue weighted by molar-refractivity contribution is 7.09. The SMILES string of the molecule is C=CCO[C@H]1CC[C@H]2[C@@H]1OCCN2Cc1nccs1.O=C(O)C(F)(F)F. The summed E-state index contributed by atoms with van der Waals surface area (Å²) < 4.78 is 43.5. The number of rotatable bonds is 5. The maximum atomic E-state index is 10.6. The van der Waals surface area contributed by atoms with Crippen LogP contribution in [0.5, 0.6) is 0 Å². The minimum absolute atomic E-state index is 0.216. The number of morpholine rings is 1. The zero-order chi connectivity index (χ0) is 19.2. The molecule has 6 nitrogen and oxygen atoms in total. The molecule has 1 N–H and O–H groups in total. The van der Waals surface area contributed by atoms with Crippen LogP contribution in [-0.4, -0.2) is 65.1 Å². The number of carbonyl (C=O) groups is 1. The van der Waals surface area contributed by atoms with Gasteiger partial charge in [0.2, 0.25) is 0 Å². The summed E-state index contributed by atoms with van der Waals surface area (Å²) in [5, 5.41) is 10.4. The molecule has 0 aromatic carbocycles. The van der Waals surface area contributed by atoms with E-state index < -0.39 is 12.1 Å². The lowest BCUT2D eigenvalue weighted by atomic mass is 10.1. The van der Waals surface area contributed by atoms with Crippen molar-refractivity contribution in [2.45, 2.75) is 43.8 Å². The fourth-order valence-electron chi connectivity index (χ4n) is 3.06. The van der Waals surface area contributed by atoms with Gasteiger partial charge in [-0.15, -0.1) is 17.9 Å². The molecule has 146 valence electrons. The molecule has 0 amide bonds. The largest absolute Gasteiger partial charge is 0.490 e. The number of thiazole rings is 1. The van der Waals surface area contributed by atoms with E-state index in [-0.39, 0.29) is 12.2 Å². The summed E-state index contributed by atoms with van der Waals surface area (Å²) in [6, 6.07) is 0.479. The first-order valence-corrected chi connectivity index (χ1v) is 8.97. The number of hydrogen-bond acceptors (Lipinski definition) is 6. The van der Waals surface area contributed by atoms with E-state index in [0.717, 1.165) is 32.5 Å². The lowest BCUT2D eigenvalue weighted by molar-refractivity contribution is -0.192. The highest BCUT2D eigenvalue weighted by Gasteiger charge is 2.43. The molecule has 3 atom stereocenters. The lowest BCUT2D eigenvalue weighted by Gasteiger charge is -2.38. The van der Waals surface area contributed by atoms with Crippen LogP contribution in [0.25, 0.3) is 0 Å². The number of alkyl halides is 3. The Morgan fingerprint density at radius 1 is 1.54 bits per heavy atom. The van der Waals surface area contributed by atoms with Crippen molar-refractivity contribution in [3.05, 3.63) is 29.2 Å². The summed E-state index contributed by atoms with van der Waals surface area (Å²) in [5.41, 5.74) is 0. The van der Waals surface area contributed by atoms with Gasteiger partial charge in [0.1, 0.15) is 5.01 Å². The molecule has 0 spiro atoms. The number of hydrogen-bond donors (Lipinski definition) is 1. The second-order valence-electron chi connectivity index (χ2n) is 5.84. The first-order valence-electron chi connectivity index (χ1n) is 8.09. The average molecular weight is 394 g/mol. The Morgan fingerprint density at radius 2 is 2.27 bits per heavy atom. The zero-order valence-electron chi connectivity index (χ0n) is 14.0. The average Bonchev–Trinajstić information content (AvgIpc) is 3.23. The number of carboxylic acid groups (broad SMARTS) is 1. The first kappa shape index (κ1) is 20.8. The van der Waals surface area contributed by atoms with Crippen LogP contribution in [0.1, 0.15) is 17.8 Å². The van der Waals surface area contributed by atoms with Gasteiger partial charge in [-0.1, -0.05) is 6.08 Å². The standard InChI is InChI=1S/C14H20N2O2S.C2HF3O2/c1-2-7-17-12-4-3-11-14(12)18-8-6-16(11)10-13-15-5-9-19-13;3-2(4,5)1(6)7/h2,5,9,11-12,14H,1,3-4,6-8,10H2;(H,6,7)/t11-,12-,14-;/m0./s1. The number of ether oxygens (including phenoxy) is 2. The van der Waals surface area contributed by atoms with Crippen LogP contribution < -0.4 is 0 Å². The van der Waals surface area contributed by atoms with Gasteiger partial charge in [0.15, 0.2) is 0 Å². The van der Waals surface area contributed by atoms with Gasteiger partial charge >= 0.3 is 12.1 Å². The quantitative estimate of drug-likeness (QED) is 0.775. The summed E-state index contributed by atoms with van der Waals surface area (Å²) in [5.74, 6) is -2.76. The van der Waals surface area contributed by atoms with E-state index in [1.807, 2.05) is 17.7 Å². The highest BCUT2D eigenvalue weighted by atomic mass is 32.1. The van der Waals surface area contributed by atoms with Crippen LogP contribution >= 0.6 is 11.3 Å². The molecule has 1 aromatic rings. The van der Waals surface area contributed by atoms with E-state index >= 15 is 0 Å². The van der Waals surface area contributed by atoms with E-state index in [2.05, 4.69) is 16.5 Å². The third-order valence-electron chi connectivity index (χ3n) is 4.14. The van der Waals surface area contributed by atoms with E-state index in [1.165, 1.54) is 5.01 Å². The van der Waals surface area contributed by atoms with Gasteiger partial charge in [0.25, 0.3) is 0 Å². The summed E-state index contributed by atoms with van der Waals surface area (Å²) in [6.07, 6.45) is 1.28. The Balaban J connectivity index is 0.000000298. The molecule has 26 heavy (non-hydrogen) atoms. The third kappa shape index (κ3) is 5.76. The molecule has 3 rings (SSSR count). The molecule has 2 fully saturated rings. The molecule has 1 saturated heterocycles. The van der Waals surface area contributed by atoms with E-state index in [0.29, 0.717) is 12.6 Å². The first-order chi connectivity index (χ1) is 12.3. The van der Waals surface area contributed by atoms with E-state index in [1.54, 1.807) is 11.3 Å². The van der Waals surface area contributed by atoms with Crippen molar-refractivity contribution in [2.75, 3.05) is 19.8 Å². The molecule has 1 saturated carbocycles. The fraction of sp³-hybridized carbons (Fsp3) is 0.625. The summed E-state index contributed by atoms with van der Waals surface area (Å²) in [4.78, 5) is 15.8. The molecule has 1 aliphatic heterocycles. The molecule has 2 heterocycles. The summed E-state index contributed by atoms with van der Waals surface area (Å²) in [6.45, 7) is 7.05. The van der Waals surface area contributed by atoms with Crippen molar-refractivity contribution in [2.24, 2.45) is 0 Å². The Morgan fingerprint density at radius 3 is 2.85 bits per heavy atom. The number of nitrogens with zero attached hydrogens (tertiary/aromatic N) is 2. The van der Waals surface area contributed by atoms with Crippen LogP contribution in [0.2, 0.25) is 0 Å². The van der Waals surface area contributed by atoms with Gasteiger partial charge in [-0.2, -0.15) is 13.2 Å². The number of halogens is 3. The lowest BCUT2D eigenvalue weighted by Crippen LogP contribution is -2.51. The number of fused-ring (bicyclic) bond motifs is 1. The van der Waals surface area contributed by atoms with Crippen LogP contribution in [-0.2, 0) is 20.8 Å². The van der Waals surface area contributed by atoms with Crippen LogP contribution in [0, 0.1) is 0 Å². The maximum Gasteiger partial charge on any atom is 0.490 e. The van der Waals surface area contributed by atoms with Gasteiger partial charge in [-0.25, -0.2) is 9.78 Å². The molecule has 2 aliphatic rings. The van der Waals surface area contributed by atoms with Crippen LogP contribution in [0.3, 0.4) is 0 Å². The molecule has 10 heteroatoms. The van der Waals surface area contributed by atoms with E-state index in [4.69, 9.17) is 19.4 Å². The van der Waals surface area contributed by atoms with Crippen molar-refractivity contribution >= 4 is 17.3 Å². The van der Waals surface area contributed by atoms with Gasteiger partial charge < -0.3 is 14.6 Å². The fourth-order valence-corrected chi connectivity index (χ4v) is 3.70. The van der Waals surface area contributed by atoms with Crippen molar-refractivity contribution in [1.29, 1.82) is 0 Å². The van der Waals surface area contributed by atoms with E-state index in [9.17, 15) is 13.2 Å². The zero-order valence-corrected chi connectivity index (χ0v) is 14.8. The molecule has 0 bridgehead atoms. The van der Waals surface area contributed by atoms with Gasteiger partial charge in [-0.05, 0) is 12.8 Å². The second kappa shape index (κ2) is 9.45. The predicted octanol–water partition coefficient (Wildman–Crippen LogP) is 2.71. The van der Waals surface area contributed by atoms with Crippen molar-refractivity contribution in [3.8, 4) is 0 Å². The van der Waals surface area contributed by atoms with Gasteiger partial charge in [-0.3, -0.25) is 4.90 Å².